The van der Waals surface area contributed by atoms with E-state index in [0.29, 0.717) is 32.7 Å². The molecule has 0 amide bonds. The third kappa shape index (κ3) is 6.06. The molecule has 0 aliphatic carbocycles. The van der Waals surface area contributed by atoms with Gasteiger partial charge in [0, 0.05) is 24.6 Å². The number of hydrogen-bond donors (Lipinski definition) is 2. The molecule has 6 nitrogen and oxygen atoms in total. The van der Waals surface area contributed by atoms with E-state index in [1.54, 1.807) is 0 Å². The normalized spacial score (nSPS) is 17.8. The molecule has 0 bridgehead atoms. The molecular weight excluding hydrogens is 383 g/mol. The Morgan fingerprint density at radius 1 is 1.38 bits per heavy atom. The average molecular weight is 411 g/mol. The van der Waals surface area contributed by atoms with Gasteiger partial charge in [0.15, 0.2) is 11.6 Å². The summed E-state index contributed by atoms with van der Waals surface area (Å²) in [6.45, 7) is 5.55. The van der Waals surface area contributed by atoms with Crippen LogP contribution in [0.15, 0.2) is 23.1 Å². The topological polar surface area (TPSA) is 90.7 Å². The number of rotatable bonds is 9. The van der Waals surface area contributed by atoms with Crippen LogP contribution in [0.1, 0.15) is 33.1 Å². The Morgan fingerprint density at radius 3 is 2.62 bits per heavy atom. The summed E-state index contributed by atoms with van der Waals surface area (Å²) >= 11 is 0. The molecule has 1 atom stereocenters. The third-order valence-corrected chi connectivity index (χ3v) is 6.13. The molecule has 1 aromatic carbocycles. The minimum absolute atomic E-state index is 0. The highest BCUT2D eigenvalue weighted by Gasteiger charge is 2.25. The molecule has 1 fully saturated rings. The van der Waals surface area contributed by atoms with Gasteiger partial charge in [-0.1, -0.05) is 13.8 Å². The van der Waals surface area contributed by atoms with Crippen molar-refractivity contribution in [1.29, 1.82) is 0 Å². The molecule has 1 aliphatic rings. The molecule has 1 aliphatic heterocycles. The Hall–Kier alpha value is -0.930. The summed E-state index contributed by atoms with van der Waals surface area (Å²) in [4.78, 5) is -0.142. The molecule has 150 valence electrons. The van der Waals surface area contributed by atoms with Crippen molar-refractivity contribution in [3.05, 3.63) is 24.0 Å². The molecule has 0 aromatic heterocycles. The van der Waals surface area contributed by atoms with Crippen molar-refractivity contribution in [3.63, 3.8) is 0 Å². The first kappa shape index (κ1) is 23.1. The molecule has 1 aromatic rings. The predicted molar refractivity (Wildman–Crippen MR) is 101 cm³/mol. The summed E-state index contributed by atoms with van der Waals surface area (Å²) in [5.74, 6) is -0.418. The van der Waals surface area contributed by atoms with Crippen LogP contribution in [-0.2, 0) is 14.8 Å². The van der Waals surface area contributed by atoms with Crippen molar-refractivity contribution in [3.8, 4) is 5.75 Å². The van der Waals surface area contributed by atoms with E-state index in [1.807, 2.05) is 13.8 Å². The van der Waals surface area contributed by atoms with Crippen LogP contribution in [-0.4, -0.2) is 40.3 Å². The molecule has 1 heterocycles. The van der Waals surface area contributed by atoms with Crippen LogP contribution in [0.3, 0.4) is 0 Å². The lowest BCUT2D eigenvalue weighted by Crippen LogP contribution is -2.49. The number of nitrogens with two attached hydrogens (primary N) is 1. The van der Waals surface area contributed by atoms with Gasteiger partial charge in [0.1, 0.15) is 0 Å². The Kier molecular flexibility index (Phi) is 8.75. The van der Waals surface area contributed by atoms with Crippen LogP contribution in [0.25, 0.3) is 0 Å². The highest BCUT2D eigenvalue weighted by Crippen LogP contribution is 2.23. The maximum absolute atomic E-state index is 14.2. The van der Waals surface area contributed by atoms with E-state index in [1.165, 1.54) is 12.1 Å². The summed E-state index contributed by atoms with van der Waals surface area (Å²) in [7, 11) is -3.83. The van der Waals surface area contributed by atoms with Crippen LogP contribution in [0.5, 0.6) is 5.75 Å². The molecule has 1 unspecified atom stereocenters. The fourth-order valence-electron chi connectivity index (χ4n) is 2.51. The second-order valence-electron chi connectivity index (χ2n) is 6.53. The Labute approximate surface area is 161 Å². The van der Waals surface area contributed by atoms with Gasteiger partial charge in [0.25, 0.3) is 0 Å². The minimum atomic E-state index is -3.83. The first-order chi connectivity index (χ1) is 11.8. The van der Waals surface area contributed by atoms with Gasteiger partial charge in [-0.25, -0.2) is 17.5 Å². The van der Waals surface area contributed by atoms with Crippen LogP contribution in [0.4, 0.5) is 4.39 Å². The maximum Gasteiger partial charge on any atom is 0.240 e. The van der Waals surface area contributed by atoms with Gasteiger partial charge in [-0.05, 0) is 37.5 Å². The van der Waals surface area contributed by atoms with Gasteiger partial charge in [0.2, 0.25) is 10.0 Å². The van der Waals surface area contributed by atoms with E-state index < -0.39 is 21.4 Å². The van der Waals surface area contributed by atoms with Crippen molar-refractivity contribution in [1.82, 2.24) is 4.72 Å². The molecule has 3 N–H and O–H groups in total. The van der Waals surface area contributed by atoms with Crippen LogP contribution in [0, 0.1) is 11.7 Å². The molecule has 2 rings (SSSR count). The lowest BCUT2D eigenvalue weighted by atomic mass is 9.95. The van der Waals surface area contributed by atoms with Gasteiger partial charge in [0.05, 0.1) is 18.1 Å². The molecule has 9 heteroatoms. The van der Waals surface area contributed by atoms with Crippen LogP contribution >= 0.6 is 12.4 Å². The average Bonchev–Trinajstić information content (AvgIpc) is 3.12. The van der Waals surface area contributed by atoms with Crippen LogP contribution < -0.4 is 15.2 Å². The summed E-state index contributed by atoms with van der Waals surface area (Å²) in [6, 6.07) is 3.65. The van der Waals surface area contributed by atoms with E-state index in [2.05, 4.69) is 4.72 Å². The molecule has 0 saturated carbocycles. The highest BCUT2D eigenvalue weighted by molar-refractivity contribution is 7.89. The van der Waals surface area contributed by atoms with E-state index in [-0.39, 0.29) is 35.5 Å². The van der Waals surface area contributed by atoms with Gasteiger partial charge < -0.3 is 15.2 Å². The fourth-order valence-corrected chi connectivity index (χ4v) is 3.66. The predicted octanol–water partition coefficient (Wildman–Crippen LogP) is 2.46. The Morgan fingerprint density at radius 2 is 2.08 bits per heavy atom. The maximum atomic E-state index is 14.2. The van der Waals surface area contributed by atoms with Gasteiger partial charge in [-0.15, -0.1) is 12.4 Å². The van der Waals surface area contributed by atoms with Gasteiger partial charge >= 0.3 is 0 Å². The number of benzene rings is 1. The molecular formula is C17H28ClFN2O4S. The monoisotopic (exact) mass is 410 g/mol. The first-order valence-corrected chi connectivity index (χ1v) is 10.1. The SMILES string of the molecule is CCC(N)(CC)CNS(=O)(=O)c1ccc(OCC2CCOC2)c(F)c1.Cl. The molecule has 1 saturated heterocycles. The van der Waals surface area contributed by atoms with E-state index in [0.717, 1.165) is 12.5 Å². The van der Waals surface area contributed by atoms with Gasteiger partial charge in [-0.3, -0.25) is 0 Å². The standard InChI is InChI=1S/C17H27FN2O4S.ClH/c1-3-17(19,4-2)12-20-25(21,22)14-5-6-16(15(18)9-14)24-11-13-7-8-23-10-13;/h5-6,9,13,20H,3-4,7-8,10-12,19H2,1-2H3;1H. The Balaban J connectivity index is 0.00000338. The number of halogens is 2. The summed E-state index contributed by atoms with van der Waals surface area (Å²) in [5, 5.41) is 0. The second-order valence-corrected chi connectivity index (χ2v) is 8.29. The lowest BCUT2D eigenvalue weighted by molar-refractivity contribution is 0.165. The number of nitrogens with one attached hydrogen (secondary N) is 1. The third-order valence-electron chi connectivity index (χ3n) is 4.73. The lowest BCUT2D eigenvalue weighted by Gasteiger charge is -2.26. The zero-order chi connectivity index (χ0) is 18.5. The summed E-state index contributed by atoms with van der Waals surface area (Å²) in [6.07, 6.45) is 2.16. The van der Waals surface area contributed by atoms with Crippen molar-refractivity contribution >= 4 is 22.4 Å². The first-order valence-electron chi connectivity index (χ1n) is 8.58. The molecule has 26 heavy (non-hydrogen) atoms. The fraction of sp³-hybridized carbons (Fsp3) is 0.647. The number of ether oxygens (including phenoxy) is 2. The zero-order valence-corrected chi connectivity index (χ0v) is 16.8. The van der Waals surface area contributed by atoms with Crippen LogP contribution in [0.2, 0.25) is 0 Å². The molecule has 0 radical (unpaired) electrons. The van der Waals surface area contributed by atoms with E-state index in [4.69, 9.17) is 15.2 Å². The number of hydrogen-bond acceptors (Lipinski definition) is 5. The smallest absolute Gasteiger partial charge is 0.240 e. The second kappa shape index (κ2) is 9.85. The number of sulfonamides is 1. The summed E-state index contributed by atoms with van der Waals surface area (Å²) in [5.41, 5.74) is 5.49. The van der Waals surface area contributed by atoms with Crippen molar-refractivity contribution in [2.75, 3.05) is 26.4 Å². The van der Waals surface area contributed by atoms with Gasteiger partial charge in [-0.2, -0.15) is 0 Å². The highest BCUT2D eigenvalue weighted by atomic mass is 35.5. The van der Waals surface area contributed by atoms with E-state index >= 15 is 0 Å². The van der Waals surface area contributed by atoms with Crippen molar-refractivity contribution in [2.45, 2.75) is 43.5 Å². The van der Waals surface area contributed by atoms with Crippen molar-refractivity contribution in [2.24, 2.45) is 11.7 Å². The molecule has 0 spiro atoms. The zero-order valence-electron chi connectivity index (χ0n) is 15.2. The van der Waals surface area contributed by atoms with Crippen molar-refractivity contribution < 1.29 is 22.3 Å². The largest absolute Gasteiger partial charge is 0.490 e. The summed E-state index contributed by atoms with van der Waals surface area (Å²) < 4.78 is 52.0. The minimum Gasteiger partial charge on any atom is -0.490 e. The Bertz CT molecular complexity index is 677. The van der Waals surface area contributed by atoms with E-state index in [9.17, 15) is 12.8 Å². The quantitative estimate of drug-likeness (QED) is 0.652.